The Bertz CT molecular complexity index is 1200. The number of aryl methyl sites for hydroxylation is 2. The number of ether oxygens (including phenoxy) is 2. The highest BCUT2D eigenvalue weighted by Crippen LogP contribution is 2.44. The summed E-state index contributed by atoms with van der Waals surface area (Å²) in [5.74, 6) is 0.491. The van der Waals surface area contributed by atoms with Crippen LogP contribution in [-0.4, -0.2) is 57.2 Å². The number of sulfone groups is 1. The molecule has 1 saturated carbocycles. The van der Waals surface area contributed by atoms with Crippen molar-refractivity contribution in [3.05, 3.63) is 65.2 Å². The fraction of sp³-hybridized carbons (Fsp3) is 0.552. The van der Waals surface area contributed by atoms with Gasteiger partial charge in [-0.1, -0.05) is 48.0 Å². The summed E-state index contributed by atoms with van der Waals surface area (Å²) < 4.78 is 38.7. The molecule has 2 heterocycles. The zero-order chi connectivity index (χ0) is 26.0. The third-order valence-corrected chi connectivity index (χ3v) is 10.6. The van der Waals surface area contributed by atoms with Crippen molar-refractivity contribution in [3.8, 4) is 0 Å². The number of hydrogen-bond donors (Lipinski definition) is 1. The molecule has 0 spiro atoms. The van der Waals surface area contributed by atoms with E-state index in [0.29, 0.717) is 50.1 Å². The molecule has 8 heteroatoms. The van der Waals surface area contributed by atoms with E-state index in [4.69, 9.17) is 9.47 Å². The van der Waals surface area contributed by atoms with Gasteiger partial charge < -0.3 is 19.7 Å². The van der Waals surface area contributed by atoms with E-state index in [2.05, 4.69) is 5.32 Å². The Balaban J connectivity index is 1.33. The first-order valence-electron chi connectivity index (χ1n) is 13.4. The monoisotopic (exact) mass is 526 g/mol. The van der Waals surface area contributed by atoms with E-state index >= 15 is 0 Å². The SMILES string of the molecule is Cc1ccc(S(=O)(=O)[C@H]2NC[C@@H]3C[C@@H](N(Cc4ccccc4)C(=O)OCC4CCOCC4)C[C@H]32)c(C)c1. The van der Waals surface area contributed by atoms with Crippen LogP contribution in [0.15, 0.2) is 53.4 Å². The number of nitrogens with zero attached hydrogens (tertiary/aromatic N) is 1. The number of benzene rings is 2. The van der Waals surface area contributed by atoms with Crippen molar-refractivity contribution in [3.63, 3.8) is 0 Å². The van der Waals surface area contributed by atoms with E-state index in [1.807, 2.05) is 61.2 Å². The zero-order valence-electron chi connectivity index (χ0n) is 21.8. The fourth-order valence-corrected chi connectivity index (χ4v) is 8.46. The molecule has 7 nitrogen and oxygen atoms in total. The lowest BCUT2D eigenvalue weighted by molar-refractivity contribution is 0.0242. The Morgan fingerprint density at radius 2 is 1.84 bits per heavy atom. The van der Waals surface area contributed by atoms with Crippen LogP contribution in [0.4, 0.5) is 4.79 Å². The lowest BCUT2D eigenvalue weighted by Gasteiger charge is -2.31. The van der Waals surface area contributed by atoms with Gasteiger partial charge in [-0.2, -0.15) is 0 Å². The largest absolute Gasteiger partial charge is 0.449 e. The molecule has 0 radical (unpaired) electrons. The molecule has 0 aromatic heterocycles. The summed E-state index contributed by atoms with van der Waals surface area (Å²) >= 11 is 0. The van der Waals surface area contributed by atoms with E-state index in [1.165, 1.54) is 0 Å². The highest BCUT2D eigenvalue weighted by molar-refractivity contribution is 7.92. The number of amides is 1. The summed E-state index contributed by atoms with van der Waals surface area (Å²) in [7, 11) is -3.55. The molecule has 4 atom stereocenters. The average molecular weight is 527 g/mol. The summed E-state index contributed by atoms with van der Waals surface area (Å²) in [5, 5.41) is 2.67. The Kier molecular flexibility index (Phi) is 7.88. The molecule has 3 fully saturated rings. The Morgan fingerprint density at radius 1 is 1.08 bits per heavy atom. The molecule has 5 rings (SSSR count). The Morgan fingerprint density at radius 3 is 2.57 bits per heavy atom. The first kappa shape index (κ1) is 26.2. The number of carbonyl (C=O) groups excluding carboxylic acids is 1. The molecule has 1 amide bonds. The minimum absolute atomic E-state index is 0.0442. The van der Waals surface area contributed by atoms with Crippen molar-refractivity contribution < 1.29 is 22.7 Å². The van der Waals surface area contributed by atoms with Crippen LogP contribution in [0.5, 0.6) is 0 Å². The van der Waals surface area contributed by atoms with Gasteiger partial charge in [-0.3, -0.25) is 0 Å². The summed E-state index contributed by atoms with van der Waals surface area (Å²) in [6.45, 7) is 6.76. The number of nitrogens with one attached hydrogen (secondary N) is 1. The van der Waals surface area contributed by atoms with Gasteiger partial charge in [0.15, 0.2) is 9.84 Å². The van der Waals surface area contributed by atoms with Crippen LogP contribution in [-0.2, 0) is 25.9 Å². The van der Waals surface area contributed by atoms with Gasteiger partial charge in [-0.15, -0.1) is 0 Å². The third-order valence-electron chi connectivity index (χ3n) is 8.32. The van der Waals surface area contributed by atoms with Crippen LogP contribution in [0, 0.1) is 31.6 Å². The molecule has 37 heavy (non-hydrogen) atoms. The number of hydrogen-bond acceptors (Lipinski definition) is 6. The second kappa shape index (κ2) is 11.1. The highest BCUT2D eigenvalue weighted by atomic mass is 32.2. The predicted octanol–water partition coefficient (Wildman–Crippen LogP) is 4.47. The molecule has 2 aliphatic heterocycles. The molecule has 0 bridgehead atoms. The smallest absolute Gasteiger partial charge is 0.410 e. The highest BCUT2D eigenvalue weighted by Gasteiger charge is 2.51. The second-order valence-electron chi connectivity index (χ2n) is 10.9. The van der Waals surface area contributed by atoms with Crippen molar-refractivity contribution in [1.29, 1.82) is 0 Å². The van der Waals surface area contributed by atoms with Crippen molar-refractivity contribution in [2.75, 3.05) is 26.4 Å². The number of rotatable bonds is 7. The lowest BCUT2D eigenvalue weighted by Crippen LogP contribution is -2.42. The maximum Gasteiger partial charge on any atom is 0.410 e. The minimum Gasteiger partial charge on any atom is -0.449 e. The van der Waals surface area contributed by atoms with Gasteiger partial charge in [0.05, 0.1) is 11.5 Å². The second-order valence-corrected chi connectivity index (χ2v) is 13.0. The molecule has 3 aliphatic rings. The maximum absolute atomic E-state index is 13.7. The van der Waals surface area contributed by atoms with Gasteiger partial charge >= 0.3 is 6.09 Å². The van der Waals surface area contributed by atoms with Gasteiger partial charge in [0.25, 0.3) is 0 Å². The van der Waals surface area contributed by atoms with Crippen LogP contribution >= 0.6 is 0 Å². The minimum atomic E-state index is -3.55. The first-order valence-corrected chi connectivity index (χ1v) is 15.0. The first-order chi connectivity index (χ1) is 17.8. The number of fused-ring (bicyclic) bond motifs is 1. The quantitative estimate of drug-likeness (QED) is 0.573. The lowest BCUT2D eigenvalue weighted by atomic mass is 10.0. The molecule has 200 valence electrons. The maximum atomic E-state index is 13.7. The summed E-state index contributed by atoms with van der Waals surface area (Å²) in [4.78, 5) is 15.7. The van der Waals surface area contributed by atoms with Gasteiger partial charge in [-0.05, 0) is 81.0 Å². The molecule has 1 aliphatic carbocycles. The van der Waals surface area contributed by atoms with E-state index in [9.17, 15) is 13.2 Å². The van der Waals surface area contributed by atoms with Crippen molar-refractivity contribution >= 4 is 15.9 Å². The summed E-state index contributed by atoms with van der Waals surface area (Å²) in [6, 6.07) is 15.4. The third kappa shape index (κ3) is 5.71. The molecular weight excluding hydrogens is 488 g/mol. The van der Waals surface area contributed by atoms with E-state index < -0.39 is 15.2 Å². The molecule has 2 aromatic rings. The van der Waals surface area contributed by atoms with Crippen LogP contribution < -0.4 is 5.32 Å². The van der Waals surface area contributed by atoms with E-state index in [-0.39, 0.29) is 24.0 Å². The van der Waals surface area contributed by atoms with Crippen LogP contribution in [0.25, 0.3) is 0 Å². The van der Waals surface area contributed by atoms with E-state index in [0.717, 1.165) is 36.0 Å². The summed E-state index contributed by atoms with van der Waals surface area (Å²) in [6.07, 6.45) is 2.93. The van der Waals surface area contributed by atoms with Gasteiger partial charge in [0.2, 0.25) is 0 Å². The van der Waals surface area contributed by atoms with Gasteiger partial charge in [0.1, 0.15) is 5.37 Å². The van der Waals surface area contributed by atoms with Gasteiger partial charge in [0, 0.05) is 25.8 Å². The van der Waals surface area contributed by atoms with Crippen molar-refractivity contribution in [2.24, 2.45) is 17.8 Å². The molecule has 1 N–H and O–H groups in total. The number of carbonyl (C=O) groups is 1. The van der Waals surface area contributed by atoms with E-state index in [1.54, 1.807) is 6.07 Å². The molecule has 2 saturated heterocycles. The predicted molar refractivity (Wildman–Crippen MR) is 142 cm³/mol. The Labute approximate surface area is 220 Å². The molecule has 0 unspecified atom stereocenters. The van der Waals surface area contributed by atoms with Crippen molar-refractivity contribution in [2.45, 2.75) is 62.4 Å². The Hall–Kier alpha value is -2.42. The molecular formula is C29H38N2O5S. The molecule has 2 aromatic carbocycles. The zero-order valence-corrected chi connectivity index (χ0v) is 22.6. The average Bonchev–Trinajstić information content (AvgIpc) is 3.48. The standard InChI is InChI=1S/C29H38N2O5S/c1-20-8-9-27(21(2)14-20)37(33,34)28-26-16-25(15-24(26)17-30-28)31(18-22-6-4-3-5-7-22)29(32)36-19-23-10-12-35-13-11-23/h3-9,14,23-26,28,30H,10-13,15-19H2,1-2H3/t24-,25+,26+,28+/m0/s1. The van der Waals surface area contributed by atoms with Crippen LogP contribution in [0.3, 0.4) is 0 Å². The normalized spacial score (nSPS) is 26.1. The topological polar surface area (TPSA) is 84.9 Å². The fourth-order valence-electron chi connectivity index (χ4n) is 6.31. The van der Waals surface area contributed by atoms with Crippen LogP contribution in [0.1, 0.15) is 42.4 Å². The van der Waals surface area contributed by atoms with Crippen LogP contribution in [0.2, 0.25) is 0 Å². The van der Waals surface area contributed by atoms with Gasteiger partial charge in [-0.25, -0.2) is 13.2 Å². The summed E-state index contributed by atoms with van der Waals surface area (Å²) in [5.41, 5.74) is 2.87. The van der Waals surface area contributed by atoms with Crippen molar-refractivity contribution in [1.82, 2.24) is 10.2 Å².